The Balaban J connectivity index is 4.10. The number of carboxylic acid groups (broad SMARTS) is 2. The molecule has 0 fully saturated rings. The summed E-state index contributed by atoms with van der Waals surface area (Å²) in [4.78, 5) is 21.0. The molecule has 4 nitrogen and oxygen atoms in total. The zero-order valence-electron chi connectivity index (χ0n) is 7.99. The molecule has 2 N–H and O–H groups in total. The van der Waals surface area contributed by atoms with Crippen molar-refractivity contribution in [1.82, 2.24) is 0 Å². The Bertz CT molecular complexity index is 174. The van der Waals surface area contributed by atoms with E-state index in [2.05, 4.69) is 0 Å². The lowest BCUT2D eigenvalue weighted by Gasteiger charge is -2.12. The molecule has 0 aromatic heterocycles. The molecule has 4 heteroatoms. The van der Waals surface area contributed by atoms with Crippen LogP contribution in [0.25, 0.3) is 0 Å². The first-order chi connectivity index (χ1) is 5.99. The number of hydrogen-bond donors (Lipinski definition) is 2. The van der Waals surface area contributed by atoms with E-state index in [1.54, 1.807) is 0 Å². The predicted octanol–water partition coefficient (Wildman–Crippen LogP) is 1.60. The van der Waals surface area contributed by atoms with Crippen molar-refractivity contribution in [3.05, 3.63) is 0 Å². The quantitative estimate of drug-likeness (QED) is 0.621. The highest BCUT2D eigenvalue weighted by atomic mass is 16.4. The summed E-state index contributed by atoms with van der Waals surface area (Å²) in [7, 11) is 0. The minimum Gasteiger partial charge on any atom is -0.481 e. The van der Waals surface area contributed by atoms with Crippen LogP contribution in [0.4, 0.5) is 0 Å². The van der Waals surface area contributed by atoms with Gasteiger partial charge in [-0.2, -0.15) is 0 Å². The van der Waals surface area contributed by atoms with Crippen LogP contribution in [0.3, 0.4) is 0 Å². The van der Waals surface area contributed by atoms with E-state index >= 15 is 0 Å². The largest absolute Gasteiger partial charge is 0.481 e. The molecule has 0 aromatic rings. The van der Waals surface area contributed by atoms with Gasteiger partial charge < -0.3 is 10.2 Å². The number of aliphatic carboxylic acids is 2. The molecule has 0 aliphatic rings. The number of carboxylic acids is 2. The van der Waals surface area contributed by atoms with Gasteiger partial charge in [-0.1, -0.05) is 26.7 Å². The van der Waals surface area contributed by atoms with Gasteiger partial charge in [0.05, 0.1) is 0 Å². The molecule has 0 aliphatic heterocycles. The molecule has 76 valence electrons. The fourth-order valence-electron chi connectivity index (χ4n) is 1.32. The van der Waals surface area contributed by atoms with Crippen molar-refractivity contribution >= 4 is 11.9 Å². The van der Waals surface area contributed by atoms with Gasteiger partial charge in [0.15, 0.2) is 5.92 Å². The summed E-state index contributed by atoms with van der Waals surface area (Å²) >= 11 is 0. The van der Waals surface area contributed by atoms with Crippen molar-refractivity contribution in [3.8, 4) is 0 Å². The van der Waals surface area contributed by atoms with E-state index in [9.17, 15) is 9.59 Å². The van der Waals surface area contributed by atoms with Crippen LogP contribution in [0, 0.1) is 11.8 Å². The van der Waals surface area contributed by atoms with Crippen molar-refractivity contribution in [1.29, 1.82) is 0 Å². The maximum Gasteiger partial charge on any atom is 0.317 e. The molecule has 1 atom stereocenters. The SMILES string of the molecule is CCC[C@H](C)CC(C(=O)O)C(=O)O. The molecular weight excluding hydrogens is 172 g/mol. The third kappa shape index (κ3) is 4.50. The summed E-state index contributed by atoms with van der Waals surface area (Å²) in [5, 5.41) is 17.2. The maximum atomic E-state index is 10.5. The lowest BCUT2D eigenvalue weighted by Crippen LogP contribution is -2.25. The van der Waals surface area contributed by atoms with E-state index in [0.29, 0.717) is 0 Å². The van der Waals surface area contributed by atoms with Gasteiger partial charge in [-0.05, 0) is 12.3 Å². The first kappa shape index (κ1) is 11.9. The Labute approximate surface area is 77.6 Å². The molecule has 0 rings (SSSR count). The Morgan fingerprint density at radius 3 is 2.00 bits per heavy atom. The monoisotopic (exact) mass is 188 g/mol. The van der Waals surface area contributed by atoms with Crippen molar-refractivity contribution in [2.45, 2.75) is 33.1 Å². The Morgan fingerprint density at radius 1 is 1.23 bits per heavy atom. The topological polar surface area (TPSA) is 74.6 Å². The van der Waals surface area contributed by atoms with Gasteiger partial charge in [-0.15, -0.1) is 0 Å². The van der Waals surface area contributed by atoms with E-state index in [0.717, 1.165) is 12.8 Å². The molecule has 0 aliphatic carbocycles. The van der Waals surface area contributed by atoms with E-state index < -0.39 is 17.9 Å². The van der Waals surface area contributed by atoms with E-state index in [1.807, 2.05) is 13.8 Å². The average molecular weight is 188 g/mol. The number of rotatable bonds is 6. The normalized spacial score (nSPS) is 12.8. The second kappa shape index (κ2) is 5.56. The summed E-state index contributed by atoms with van der Waals surface area (Å²) in [6.07, 6.45) is 2.04. The van der Waals surface area contributed by atoms with Crippen LogP contribution < -0.4 is 0 Å². The second-order valence-corrected chi connectivity index (χ2v) is 3.36. The van der Waals surface area contributed by atoms with Gasteiger partial charge in [-0.3, -0.25) is 9.59 Å². The van der Waals surface area contributed by atoms with Gasteiger partial charge in [0.1, 0.15) is 0 Å². The summed E-state index contributed by atoms with van der Waals surface area (Å²) in [6, 6.07) is 0. The van der Waals surface area contributed by atoms with Crippen molar-refractivity contribution in [2.75, 3.05) is 0 Å². The minimum absolute atomic E-state index is 0.155. The molecule has 0 bridgehead atoms. The lowest BCUT2D eigenvalue weighted by atomic mass is 9.93. The summed E-state index contributed by atoms with van der Waals surface area (Å²) in [5.41, 5.74) is 0. The first-order valence-corrected chi connectivity index (χ1v) is 4.44. The minimum atomic E-state index is -1.25. The van der Waals surface area contributed by atoms with Crippen LogP contribution in [0.1, 0.15) is 33.1 Å². The molecule has 0 saturated heterocycles. The first-order valence-electron chi connectivity index (χ1n) is 4.44. The van der Waals surface area contributed by atoms with Crippen LogP contribution in [-0.4, -0.2) is 22.2 Å². The third-order valence-corrected chi connectivity index (χ3v) is 2.02. The van der Waals surface area contributed by atoms with Crippen LogP contribution in [0.15, 0.2) is 0 Å². The van der Waals surface area contributed by atoms with Crippen molar-refractivity contribution < 1.29 is 19.8 Å². The summed E-state index contributed by atoms with van der Waals surface area (Å²) < 4.78 is 0. The summed E-state index contributed by atoms with van der Waals surface area (Å²) in [6.45, 7) is 3.87. The molecule has 0 saturated carbocycles. The molecule has 13 heavy (non-hydrogen) atoms. The molecule has 0 amide bonds. The predicted molar refractivity (Wildman–Crippen MR) is 47.5 cm³/mol. The number of carbonyl (C=O) groups is 2. The fraction of sp³-hybridized carbons (Fsp3) is 0.778. The highest BCUT2D eigenvalue weighted by Gasteiger charge is 2.27. The summed E-state index contributed by atoms with van der Waals surface area (Å²) in [5.74, 6) is -3.57. The zero-order chi connectivity index (χ0) is 10.4. The van der Waals surface area contributed by atoms with E-state index in [1.165, 1.54) is 0 Å². The van der Waals surface area contributed by atoms with Crippen LogP contribution in [0.5, 0.6) is 0 Å². The second-order valence-electron chi connectivity index (χ2n) is 3.36. The molecule has 0 aromatic carbocycles. The van der Waals surface area contributed by atoms with Gasteiger partial charge in [-0.25, -0.2) is 0 Å². The molecular formula is C9H16O4. The standard InChI is InChI=1S/C9H16O4/c1-3-4-6(2)5-7(8(10)11)9(12)13/h6-7H,3-5H2,1-2H3,(H,10,11)(H,12,13)/t6-/m0/s1. The zero-order valence-corrected chi connectivity index (χ0v) is 7.99. The molecule has 0 spiro atoms. The molecule has 0 heterocycles. The van der Waals surface area contributed by atoms with Gasteiger partial charge in [0.25, 0.3) is 0 Å². The highest BCUT2D eigenvalue weighted by molar-refractivity contribution is 5.92. The highest BCUT2D eigenvalue weighted by Crippen LogP contribution is 2.17. The Kier molecular flexibility index (Phi) is 5.11. The fourth-order valence-corrected chi connectivity index (χ4v) is 1.32. The van der Waals surface area contributed by atoms with Crippen LogP contribution in [-0.2, 0) is 9.59 Å². The average Bonchev–Trinajstić information content (AvgIpc) is 1.99. The van der Waals surface area contributed by atoms with Gasteiger partial charge in [0, 0.05) is 0 Å². The van der Waals surface area contributed by atoms with Crippen LogP contribution >= 0.6 is 0 Å². The van der Waals surface area contributed by atoms with E-state index in [-0.39, 0.29) is 12.3 Å². The number of hydrogen-bond acceptors (Lipinski definition) is 2. The Morgan fingerprint density at radius 2 is 1.69 bits per heavy atom. The third-order valence-electron chi connectivity index (χ3n) is 2.02. The Hall–Kier alpha value is -1.06. The van der Waals surface area contributed by atoms with Gasteiger partial charge >= 0.3 is 11.9 Å². The van der Waals surface area contributed by atoms with Crippen molar-refractivity contribution in [2.24, 2.45) is 11.8 Å². The molecule has 0 radical (unpaired) electrons. The molecule has 0 unspecified atom stereocenters. The van der Waals surface area contributed by atoms with Crippen LogP contribution in [0.2, 0.25) is 0 Å². The van der Waals surface area contributed by atoms with Crippen molar-refractivity contribution in [3.63, 3.8) is 0 Å². The van der Waals surface area contributed by atoms with E-state index in [4.69, 9.17) is 10.2 Å². The van der Waals surface area contributed by atoms with Gasteiger partial charge in [0.2, 0.25) is 0 Å². The maximum absolute atomic E-state index is 10.5. The lowest BCUT2D eigenvalue weighted by molar-refractivity contribution is -0.155. The smallest absolute Gasteiger partial charge is 0.317 e.